The van der Waals surface area contributed by atoms with Crippen LogP contribution < -0.4 is 11.3 Å². The number of rotatable bonds is 1. The van der Waals surface area contributed by atoms with Crippen LogP contribution in [-0.2, 0) is 0 Å². The van der Waals surface area contributed by atoms with E-state index < -0.39 is 0 Å². The Hall–Kier alpha value is -1.53. The molecule has 0 fully saturated rings. The number of hydrogen-bond donors (Lipinski definition) is 2. The highest BCUT2D eigenvalue weighted by atomic mass is 16.1. The molecule has 1 heterocycles. The Morgan fingerprint density at radius 2 is 2.42 bits per heavy atom. The van der Waals surface area contributed by atoms with Crippen molar-refractivity contribution in [3.05, 3.63) is 34.2 Å². The van der Waals surface area contributed by atoms with Crippen LogP contribution in [0.1, 0.15) is 12.0 Å². The highest BCUT2D eigenvalue weighted by molar-refractivity contribution is 5.31. The molecular weight excluding hydrogens is 152 g/mol. The summed E-state index contributed by atoms with van der Waals surface area (Å²) in [7, 11) is 0. The summed E-state index contributed by atoms with van der Waals surface area (Å²) in [5.74, 6) is 5.54. The molecule has 0 aliphatic heterocycles. The number of nitrogens with one attached hydrogen (secondary N) is 1. The lowest BCUT2D eigenvalue weighted by Gasteiger charge is -1.85. The molecule has 3 N–H and O–H groups in total. The summed E-state index contributed by atoms with van der Waals surface area (Å²) in [6.07, 6.45) is 2.20. The molecule has 12 heavy (non-hydrogen) atoms. The van der Waals surface area contributed by atoms with Gasteiger partial charge in [-0.2, -0.15) is 0 Å². The van der Waals surface area contributed by atoms with Crippen LogP contribution in [0.25, 0.3) is 0 Å². The summed E-state index contributed by atoms with van der Waals surface area (Å²) < 4.78 is 0. The number of aromatic amines is 1. The molecule has 0 radical (unpaired) electrons. The standard InChI is InChI=1S/C9H10N2O/c10-6-2-1-4-8-5-3-7-11-9(8)12/h3,5,7H,2,6,10H2,(H,11,12). The van der Waals surface area contributed by atoms with Gasteiger partial charge in [0.25, 0.3) is 5.56 Å². The van der Waals surface area contributed by atoms with E-state index in [2.05, 4.69) is 16.8 Å². The normalized spacial score (nSPS) is 8.75. The van der Waals surface area contributed by atoms with Gasteiger partial charge in [-0.1, -0.05) is 11.8 Å². The van der Waals surface area contributed by atoms with Crippen molar-refractivity contribution in [2.45, 2.75) is 6.42 Å². The first-order chi connectivity index (χ1) is 5.84. The van der Waals surface area contributed by atoms with Gasteiger partial charge in [0, 0.05) is 19.2 Å². The Labute approximate surface area is 70.6 Å². The van der Waals surface area contributed by atoms with Gasteiger partial charge in [-0.15, -0.1) is 0 Å². The van der Waals surface area contributed by atoms with E-state index in [4.69, 9.17) is 5.73 Å². The molecule has 0 unspecified atom stereocenters. The number of H-pyrrole nitrogens is 1. The second-order valence-corrected chi connectivity index (χ2v) is 2.25. The van der Waals surface area contributed by atoms with Gasteiger partial charge < -0.3 is 10.7 Å². The Balaban J connectivity index is 2.85. The summed E-state index contributed by atoms with van der Waals surface area (Å²) in [6.45, 7) is 0.526. The van der Waals surface area contributed by atoms with Gasteiger partial charge in [-0.05, 0) is 12.1 Å². The third-order valence-electron chi connectivity index (χ3n) is 1.31. The number of hydrogen-bond acceptors (Lipinski definition) is 2. The number of pyridine rings is 1. The lowest BCUT2D eigenvalue weighted by Crippen LogP contribution is -2.07. The average Bonchev–Trinajstić information content (AvgIpc) is 2.09. The smallest absolute Gasteiger partial charge is 0.263 e. The Morgan fingerprint density at radius 1 is 1.58 bits per heavy atom. The first kappa shape index (κ1) is 8.57. The van der Waals surface area contributed by atoms with Crippen LogP contribution in [0.2, 0.25) is 0 Å². The molecule has 0 saturated carbocycles. The maximum Gasteiger partial charge on any atom is 0.263 e. The molecular formula is C9H10N2O. The largest absolute Gasteiger partial charge is 0.330 e. The summed E-state index contributed by atoms with van der Waals surface area (Å²) in [6, 6.07) is 3.43. The minimum Gasteiger partial charge on any atom is -0.330 e. The Morgan fingerprint density at radius 3 is 3.08 bits per heavy atom. The maximum atomic E-state index is 11.0. The third kappa shape index (κ3) is 2.26. The van der Waals surface area contributed by atoms with E-state index >= 15 is 0 Å². The summed E-state index contributed by atoms with van der Waals surface area (Å²) in [5.41, 5.74) is 5.58. The van der Waals surface area contributed by atoms with Crippen molar-refractivity contribution in [2.24, 2.45) is 5.73 Å². The van der Waals surface area contributed by atoms with Crippen LogP contribution in [0.15, 0.2) is 23.1 Å². The molecule has 0 aromatic carbocycles. The molecule has 0 saturated heterocycles. The summed E-state index contributed by atoms with van der Waals surface area (Å²) in [4.78, 5) is 13.6. The van der Waals surface area contributed by atoms with Crippen molar-refractivity contribution in [1.29, 1.82) is 0 Å². The Kier molecular flexibility index (Phi) is 3.12. The van der Waals surface area contributed by atoms with Gasteiger partial charge in [0.15, 0.2) is 0 Å². The molecule has 62 valence electrons. The zero-order valence-corrected chi connectivity index (χ0v) is 6.63. The first-order valence-electron chi connectivity index (χ1n) is 3.71. The van der Waals surface area contributed by atoms with E-state index in [0.29, 0.717) is 18.5 Å². The van der Waals surface area contributed by atoms with E-state index in [0.717, 1.165) is 0 Å². The molecule has 0 spiro atoms. The van der Waals surface area contributed by atoms with Crippen molar-refractivity contribution in [3.63, 3.8) is 0 Å². The van der Waals surface area contributed by atoms with Gasteiger partial charge in [0.05, 0.1) is 5.56 Å². The minimum absolute atomic E-state index is 0.151. The van der Waals surface area contributed by atoms with Crippen LogP contribution in [0.3, 0.4) is 0 Å². The van der Waals surface area contributed by atoms with E-state index in [-0.39, 0.29) is 5.56 Å². The zero-order chi connectivity index (χ0) is 8.81. The minimum atomic E-state index is -0.151. The molecule has 3 heteroatoms. The van der Waals surface area contributed by atoms with Crippen LogP contribution in [-0.4, -0.2) is 11.5 Å². The molecule has 1 aromatic rings. The maximum absolute atomic E-state index is 11.0. The molecule has 0 aliphatic rings. The summed E-state index contributed by atoms with van der Waals surface area (Å²) >= 11 is 0. The quantitative estimate of drug-likeness (QED) is 0.574. The van der Waals surface area contributed by atoms with Crippen LogP contribution in [0.4, 0.5) is 0 Å². The van der Waals surface area contributed by atoms with Crippen molar-refractivity contribution in [2.75, 3.05) is 6.54 Å². The van der Waals surface area contributed by atoms with Gasteiger partial charge in [-0.3, -0.25) is 4.79 Å². The fourth-order valence-electron chi connectivity index (χ4n) is 0.750. The van der Waals surface area contributed by atoms with Crippen LogP contribution >= 0.6 is 0 Å². The molecule has 0 aliphatic carbocycles. The molecule has 1 aromatic heterocycles. The molecule has 0 amide bonds. The topological polar surface area (TPSA) is 58.9 Å². The predicted molar refractivity (Wildman–Crippen MR) is 47.6 cm³/mol. The lowest BCUT2D eigenvalue weighted by molar-refractivity contribution is 1.03. The van der Waals surface area contributed by atoms with Gasteiger partial charge in [0.2, 0.25) is 0 Å². The van der Waals surface area contributed by atoms with Crippen molar-refractivity contribution >= 4 is 0 Å². The fourth-order valence-corrected chi connectivity index (χ4v) is 0.750. The highest BCUT2D eigenvalue weighted by Crippen LogP contribution is 1.84. The highest BCUT2D eigenvalue weighted by Gasteiger charge is 1.89. The van der Waals surface area contributed by atoms with E-state index in [1.54, 1.807) is 18.3 Å². The first-order valence-corrected chi connectivity index (χ1v) is 3.71. The van der Waals surface area contributed by atoms with E-state index in [1.807, 2.05) is 0 Å². The van der Waals surface area contributed by atoms with E-state index in [1.165, 1.54) is 0 Å². The SMILES string of the molecule is NCCC#Cc1ccc[nH]c1=O. The number of aromatic nitrogens is 1. The second-order valence-electron chi connectivity index (χ2n) is 2.25. The zero-order valence-electron chi connectivity index (χ0n) is 6.63. The van der Waals surface area contributed by atoms with Crippen molar-refractivity contribution < 1.29 is 0 Å². The third-order valence-corrected chi connectivity index (χ3v) is 1.31. The fraction of sp³-hybridized carbons (Fsp3) is 0.222. The van der Waals surface area contributed by atoms with Crippen LogP contribution in [0.5, 0.6) is 0 Å². The predicted octanol–water partition coefficient (Wildman–Crippen LogP) is 0.0752. The lowest BCUT2D eigenvalue weighted by atomic mass is 10.3. The monoisotopic (exact) mass is 162 g/mol. The summed E-state index contributed by atoms with van der Waals surface area (Å²) in [5, 5.41) is 0. The molecule has 0 atom stereocenters. The van der Waals surface area contributed by atoms with Gasteiger partial charge >= 0.3 is 0 Å². The molecule has 0 bridgehead atoms. The Bertz CT molecular complexity index is 357. The van der Waals surface area contributed by atoms with E-state index in [9.17, 15) is 4.79 Å². The van der Waals surface area contributed by atoms with Crippen molar-refractivity contribution in [3.8, 4) is 11.8 Å². The van der Waals surface area contributed by atoms with Crippen molar-refractivity contribution in [1.82, 2.24) is 4.98 Å². The van der Waals surface area contributed by atoms with Gasteiger partial charge in [0.1, 0.15) is 0 Å². The average molecular weight is 162 g/mol. The second kappa shape index (κ2) is 4.37. The molecule has 3 nitrogen and oxygen atoms in total. The van der Waals surface area contributed by atoms with Gasteiger partial charge in [-0.25, -0.2) is 0 Å². The molecule has 1 rings (SSSR count). The van der Waals surface area contributed by atoms with Crippen LogP contribution in [0, 0.1) is 11.8 Å². The number of nitrogens with two attached hydrogens (primary N) is 1.